The quantitative estimate of drug-likeness (QED) is 0.669. The Bertz CT molecular complexity index is 990. The highest BCUT2D eigenvalue weighted by atomic mass is 35.5. The Kier molecular flexibility index (Phi) is 5.19. The number of halogens is 2. The van der Waals surface area contributed by atoms with E-state index >= 15 is 0 Å². The molecule has 1 atom stereocenters. The van der Waals surface area contributed by atoms with Crippen molar-refractivity contribution < 1.29 is 18.7 Å². The summed E-state index contributed by atoms with van der Waals surface area (Å²) >= 11 is 5.83. The van der Waals surface area contributed by atoms with E-state index in [-0.39, 0.29) is 10.6 Å². The molecule has 4 nitrogen and oxygen atoms in total. The summed E-state index contributed by atoms with van der Waals surface area (Å²) in [5.74, 6) is -1.84. The second kappa shape index (κ2) is 7.54. The summed E-state index contributed by atoms with van der Waals surface area (Å²) in [5.41, 5.74) is 0.592. The van der Waals surface area contributed by atoms with Gasteiger partial charge in [0.05, 0.1) is 10.6 Å². The van der Waals surface area contributed by atoms with E-state index in [9.17, 15) is 14.0 Å². The maximum atomic E-state index is 13.1. The summed E-state index contributed by atoms with van der Waals surface area (Å²) in [6.45, 7) is 1.45. The fraction of sp³-hybridized carbons (Fsp3) is 0.100. The minimum absolute atomic E-state index is 0.00146. The van der Waals surface area contributed by atoms with Crippen LogP contribution < -0.4 is 5.32 Å². The lowest BCUT2D eigenvalue weighted by molar-refractivity contribution is -0.123. The summed E-state index contributed by atoms with van der Waals surface area (Å²) in [6, 6.07) is 16.6. The number of anilines is 1. The Balaban J connectivity index is 1.67. The predicted octanol–water partition coefficient (Wildman–Crippen LogP) is 4.82. The van der Waals surface area contributed by atoms with Gasteiger partial charge in [0.15, 0.2) is 6.10 Å². The second-order valence-corrected chi connectivity index (χ2v) is 6.13. The summed E-state index contributed by atoms with van der Waals surface area (Å²) in [4.78, 5) is 24.4. The minimum atomic E-state index is -1.05. The Hall–Kier alpha value is -2.92. The van der Waals surface area contributed by atoms with Crippen molar-refractivity contribution in [2.75, 3.05) is 5.32 Å². The van der Waals surface area contributed by atoms with Crippen molar-refractivity contribution in [1.82, 2.24) is 0 Å². The molecule has 0 aliphatic rings. The lowest BCUT2D eigenvalue weighted by Crippen LogP contribution is -2.30. The Labute approximate surface area is 154 Å². The maximum Gasteiger partial charge on any atom is 0.340 e. The molecule has 0 saturated heterocycles. The second-order valence-electron chi connectivity index (χ2n) is 5.72. The lowest BCUT2D eigenvalue weighted by Gasteiger charge is -2.14. The van der Waals surface area contributed by atoms with Gasteiger partial charge in [-0.25, -0.2) is 9.18 Å². The van der Waals surface area contributed by atoms with Crippen LogP contribution in [0.3, 0.4) is 0 Å². The van der Waals surface area contributed by atoms with Gasteiger partial charge in [0.25, 0.3) is 5.91 Å². The van der Waals surface area contributed by atoms with E-state index in [1.54, 1.807) is 6.07 Å². The number of fused-ring (bicyclic) bond motifs is 1. The number of benzene rings is 3. The Morgan fingerprint density at radius 1 is 1.04 bits per heavy atom. The SMILES string of the molecule is C[C@@H](OC(=O)c1ccc(F)cc1Cl)C(=O)Nc1ccc2ccccc2c1. The molecule has 0 fully saturated rings. The zero-order chi connectivity index (χ0) is 18.7. The van der Waals surface area contributed by atoms with E-state index in [2.05, 4.69) is 5.32 Å². The van der Waals surface area contributed by atoms with Crippen LogP contribution in [-0.2, 0) is 9.53 Å². The van der Waals surface area contributed by atoms with Crippen LogP contribution in [0, 0.1) is 5.82 Å². The van der Waals surface area contributed by atoms with Crippen molar-refractivity contribution in [3.8, 4) is 0 Å². The maximum absolute atomic E-state index is 13.1. The number of nitrogens with one attached hydrogen (secondary N) is 1. The van der Waals surface area contributed by atoms with Crippen LogP contribution >= 0.6 is 11.6 Å². The van der Waals surface area contributed by atoms with Crippen LogP contribution in [0.4, 0.5) is 10.1 Å². The van der Waals surface area contributed by atoms with E-state index in [0.29, 0.717) is 5.69 Å². The first-order valence-corrected chi connectivity index (χ1v) is 8.27. The fourth-order valence-corrected chi connectivity index (χ4v) is 2.69. The molecule has 0 unspecified atom stereocenters. The van der Waals surface area contributed by atoms with Crippen LogP contribution in [0.1, 0.15) is 17.3 Å². The van der Waals surface area contributed by atoms with Gasteiger partial charge in [0.2, 0.25) is 0 Å². The van der Waals surface area contributed by atoms with E-state index in [0.717, 1.165) is 22.9 Å². The lowest BCUT2D eigenvalue weighted by atomic mass is 10.1. The molecule has 0 spiro atoms. The van der Waals surface area contributed by atoms with Crippen molar-refractivity contribution in [3.63, 3.8) is 0 Å². The van der Waals surface area contributed by atoms with Gasteiger partial charge in [-0.05, 0) is 48.0 Å². The average molecular weight is 372 g/mol. The number of hydrogen-bond acceptors (Lipinski definition) is 3. The number of amides is 1. The third-order valence-electron chi connectivity index (χ3n) is 3.82. The molecular formula is C20H15ClFNO3. The van der Waals surface area contributed by atoms with Crippen LogP contribution in [0.5, 0.6) is 0 Å². The third-order valence-corrected chi connectivity index (χ3v) is 4.13. The number of carbonyl (C=O) groups excluding carboxylic acids is 2. The highest BCUT2D eigenvalue weighted by Crippen LogP contribution is 2.20. The molecule has 0 radical (unpaired) electrons. The average Bonchev–Trinajstić information content (AvgIpc) is 2.61. The van der Waals surface area contributed by atoms with Gasteiger partial charge in [0, 0.05) is 5.69 Å². The zero-order valence-electron chi connectivity index (χ0n) is 13.8. The summed E-state index contributed by atoms with van der Waals surface area (Å²) in [6.07, 6.45) is -1.05. The van der Waals surface area contributed by atoms with Crippen molar-refractivity contribution in [3.05, 3.63) is 77.1 Å². The van der Waals surface area contributed by atoms with Crippen molar-refractivity contribution in [1.29, 1.82) is 0 Å². The standard InChI is InChI=1S/C20H15ClFNO3/c1-12(26-20(25)17-9-7-15(22)11-18(17)21)19(24)23-16-8-6-13-4-2-3-5-14(13)10-16/h2-12H,1H3,(H,23,24)/t12-/m1/s1. The number of esters is 1. The minimum Gasteiger partial charge on any atom is -0.449 e. The highest BCUT2D eigenvalue weighted by molar-refractivity contribution is 6.33. The fourth-order valence-electron chi connectivity index (χ4n) is 2.44. The molecule has 3 aromatic carbocycles. The van der Waals surface area contributed by atoms with Gasteiger partial charge in [-0.2, -0.15) is 0 Å². The molecule has 0 heterocycles. The highest BCUT2D eigenvalue weighted by Gasteiger charge is 2.21. The van der Waals surface area contributed by atoms with E-state index in [4.69, 9.17) is 16.3 Å². The third kappa shape index (κ3) is 4.00. The number of hydrogen-bond donors (Lipinski definition) is 1. The van der Waals surface area contributed by atoms with Crippen molar-refractivity contribution in [2.45, 2.75) is 13.0 Å². The topological polar surface area (TPSA) is 55.4 Å². The summed E-state index contributed by atoms with van der Waals surface area (Å²) in [7, 11) is 0. The molecule has 3 aromatic rings. The van der Waals surface area contributed by atoms with E-state index in [1.165, 1.54) is 13.0 Å². The van der Waals surface area contributed by atoms with Gasteiger partial charge in [-0.1, -0.05) is 41.9 Å². The molecule has 0 aromatic heterocycles. The largest absolute Gasteiger partial charge is 0.449 e. The van der Waals surface area contributed by atoms with Gasteiger partial charge in [-0.15, -0.1) is 0 Å². The number of carbonyl (C=O) groups is 2. The van der Waals surface area contributed by atoms with Gasteiger partial charge < -0.3 is 10.1 Å². The normalized spacial score (nSPS) is 11.8. The molecule has 3 rings (SSSR count). The summed E-state index contributed by atoms with van der Waals surface area (Å²) < 4.78 is 18.2. The molecule has 26 heavy (non-hydrogen) atoms. The predicted molar refractivity (Wildman–Crippen MR) is 98.9 cm³/mol. The molecular weight excluding hydrogens is 357 g/mol. The molecule has 0 aliphatic carbocycles. The molecule has 6 heteroatoms. The first kappa shape index (κ1) is 17.9. The zero-order valence-corrected chi connectivity index (χ0v) is 14.6. The first-order chi connectivity index (χ1) is 12.4. The van der Waals surface area contributed by atoms with Gasteiger partial charge >= 0.3 is 5.97 Å². The van der Waals surface area contributed by atoms with Crippen molar-refractivity contribution >= 4 is 39.9 Å². The van der Waals surface area contributed by atoms with Crippen LogP contribution in [0.25, 0.3) is 10.8 Å². The van der Waals surface area contributed by atoms with Crippen molar-refractivity contribution in [2.24, 2.45) is 0 Å². The molecule has 0 bridgehead atoms. The number of ether oxygens (including phenoxy) is 1. The Morgan fingerprint density at radius 3 is 2.50 bits per heavy atom. The smallest absolute Gasteiger partial charge is 0.340 e. The molecule has 0 saturated carbocycles. The van der Waals surface area contributed by atoms with Crippen LogP contribution in [0.2, 0.25) is 5.02 Å². The monoisotopic (exact) mass is 371 g/mol. The first-order valence-electron chi connectivity index (χ1n) is 7.90. The van der Waals surface area contributed by atoms with E-state index < -0.39 is 23.8 Å². The molecule has 0 aliphatic heterocycles. The Morgan fingerprint density at radius 2 is 1.77 bits per heavy atom. The molecule has 132 valence electrons. The van der Waals surface area contributed by atoms with E-state index in [1.807, 2.05) is 36.4 Å². The van der Waals surface area contributed by atoms with Gasteiger partial charge in [0.1, 0.15) is 5.82 Å². The van der Waals surface area contributed by atoms with Crippen LogP contribution in [0.15, 0.2) is 60.7 Å². The van der Waals surface area contributed by atoms with Crippen LogP contribution in [-0.4, -0.2) is 18.0 Å². The molecule has 1 N–H and O–H groups in total. The summed E-state index contributed by atoms with van der Waals surface area (Å²) in [5, 5.41) is 4.66. The van der Waals surface area contributed by atoms with Gasteiger partial charge in [-0.3, -0.25) is 4.79 Å². The number of rotatable bonds is 4. The molecule has 1 amide bonds.